The van der Waals surface area contributed by atoms with Gasteiger partial charge in [0.15, 0.2) is 5.11 Å². The van der Waals surface area contributed by atoms with Gasteiger partial charge < -0.3 is 5.32 Å². The number of nitrogens with zero attached hydrogens (tertiary/aromatic N) is 2. The number of aryl methyl sites for hydroxylation is 4. The van der Waals surface area contributed by atoms with Gasteiger partial charge in [-0.05, 0) is 73.0 Å². The van der Waals surface area contributed by atoms with Crippen LogP contribution < -0.4 is 16.2 Å². The zero-order valence-corrected chi connectivity index (χ0v) is 17.1. The van der Waals surface area contributed by atoms with Gasteiger partial charge in [0.25, 0.3) is 0 Å². The number of aromatic nitrogens is 2. The first-order valence-corrected chi connectivity index (χ1v) is 9.10. The molecule has 3 N–H and O–H groups in total. The van der Waals surface area contributed by atoms with Gasteiger partial charge in [-0.25, -0.2) is 0 Å². The van der Waals surface area contributed by atoms with Gasteiger partial charge in [-0.3, -0.25) is 20.3 Å². The van der Waals surface area contributed by atoms with Crippen molar-refractivity contribution in [1.29, 1.82) is 0 Å². The smallest absolute Gasteiger partial charge is 0.240 e. The molecule has 1 amide bonds. The molecule has 0 radical (unpaired) electrons. The highest BCUT2D eigenvalue weighted by Gasteiger charge is 2.10. The van der Waals surface area contributed by atoms with Crippen LogP contribution in [0, 0.1) is 27.7 Å². The van der Waals surface area contributed by atoms with Crippen LogP contribution >= 0.6 is 28.1 Å². The van der Waals surface area contributed by atoms with Gasteiger partial charge in [0.2, 0.25) is 5.91 Å². The summed E-state index contributed by atoms with van der Waals surface area (Å²) in [5.74, 6) is -0.159. The van der Waals surface area contributed by atoms with E-state index in [1.54, 1.807) is 0 Å². The number of amides is 1. The molecule has 0 saturated heterocycles. The molecule has 1 aromatic carbocycles. The topological polar surface area (TPSA) is 71.0 Å². The molecule has 1 heterocycles. The van der Waals surface area contributed by atoms with E-state index in [4.69, 9.17) is 12.2 Å². The number of nitrogens with one attached hydrogen (secondary N) is 3. The summed E-state index contributed by atoms with van der Waals surface area (Å²) in [6, 6.07) is 6.06. The summed E-state index contributed by atoms with van der Waals surface area (Å²) in [6.07, 6.45) is 0.299. The molecule has 8 heteroatoms. The van der Waals surface area contributed by atoms with Crippen LogP contribution in [0.4, 0.5) is 5.69 Å². The minimum absolute atomic E-state index is 0.159. The summed E-state index contributed by atoms with van der Waals surface area (Å²) in [6.45, 7) is 8.40. The first kappa shape index (κ1) is 19.4. The molecule has 0 fully saturated rings. The zero-order valence-electron chi connectivity index (χ0n) is 14.7. The normalized spacial score (nSPS) is 10.4. The van der Waals surface area contributed by atoms with Crippen LogP contribution in [-0.2, 0) is 11.3 Å². The van der Waals surface area contributed by atoms with E-state index in [1.807, 2.05) is 50.6 Å². The number of hydrazine groups is 1. The van der Waals surface area contributed by atoms with Crippen LogP contribution in [0.25, 0.3) is 0 Å². The van der Waals surface area contributed by atoms with Crippen LogP contribution in [0.2, 0.25) is 0 Å². The van der Waals surface area contributed by atoms with Crippen molar-refractivity contribution in [3.63, 3.8) is 0 Å². The number of carbonyl (C=O) groups is 1. The third-order valence-electron chi connectivity index (χ3n) is 3.80. The largest absolute Gasteiger partial charge is 0.331 e. The Morgan fingerprint density at radius 2 is 1.96 bits per heavy atom. The molecule has 0 atom stereocenters. The lowest BCUT2D eigenvalue weighted by molar-refractivity contribution is -0.121. The SMILES string of the molecule is Cc1ccc(C)c(NC(=S)NNC(=O)CCn2nc(C)c(Br)c2C)c1. The minimum atomic E-state index is -0.159. The van der Waals surface area contributed by atoms with Gasteiger partial charge in [-0.15, -0.1) is 0 Å². The summed E-state index contributed by atoms with van der Waals surface area (Å²) in [5.41, 5.74) is 10.4. The van der Waals surface area contributed by atoms with Crippen molar-refractivity contribution in [3.05, 3.63) is 45.2 Å². The predicted octanol–water partition coefficient (Wildman–Crippen LogP) is 3.29. The Balaban J connectivity index is 1.80. The number of hydrogen-bond donors (Lipinski definition) is 3. The van der Waals surface area contributed by atoms with Crippen LogP contribution in [0.1, 0.15) is 28.9 Å². The molecule has 6 nitrogen and oxygen atoms in total. The summed E-state index contributed by atoms with van der Waals surface area (Å²) in [7, 11) is 0. The Morgan fingerprint density at radius 1 is 1.24 bits per heavy atom. The Hall–Kier alpha value is -1.93. The minimum Gasteiger partial charge on any atom is -0.331 e. The van der Waals surface area contributed by atoms with Crippen molar-refractivity contribution in [2.24, 2.45) is 0 Å². The molecule has 25 heavy (non-hydrogen) atoms. The van der Waals surface area contributed by atoms with Crippen molar-refractivity contribution in [1.82, 2.24) is 20.6 Å². The maximum Gasteiger partial charge on any atom is 0.240 e. The molecule has 0 spiro atoms. The van der Waals surface area contributed by atoms with E-state index in [2.05, 4.69) is 37.2 Å². The highest BCUT2D eigenvalue weighted by molar-refractivity contribution is 9.10. The summed E-state index contributed by atoms with van der Waals surface area (Å²) >= 11 is 8.69. The maximum atomic E-state index is 12.0. The van der Waals surface area contributed by atoms with E-state index in [9.17, 15) is 4.79 Å². The van der Waals surface area contributed by atoms with Crippen molar-refractivity contribution in [2.75, 3.05) is 5.32 Å². The summed E-state index contributed by atoms with van der Waals surface area (Å²) in [4.78, 5) is 12.0. The van der Waals surface area contributed by atoms with Crippen LogP contribution in [0.3, 0.4) is 0 Å². The zero-order chi connectivity index (χ0) is 18.6. The van der Waals surface area contributed by atoms with Crippen molar-refractivity contribution < 1.29 is 4.79 Å². The first-order valence-electron chi connectivity index (χ1n) is 7.90. The highest BCUT2D eigenvalue weighted by Crippen LogP contribution is 2.19. The van der Waals surface area contributed by atoms with Gasteiger partial charge in [0.05, 0.1) is 16.7 Å². The predicted molar refractivity (Wildman–Crippen MR) is 107 cm³/mol. The molecule has 0 unspecified atom stereocenters. The van der Waals surface area contributed by atoms with E-state index in [-0.39, 0.29) is 5.91 Å². The summed E-state index contributed by atoms with van der Waals surface area (Å²) in [5, 5.41) is 7.81. The molecule has 0 aliphatic rings. The summed E-state index contributed by atoms with van der Waals surface area (Å²) < 4.78 is 2.79. The average Bonchev–Trinajstić information content (AvgIpc) is 2.81. The van der Waals surface area contributed by atoms with Gasteiger partial charge >= 0.3 is 0 Å². The fraction of sp³-hybridized carbons (Fsp3) is 0.353. The average molecular weight is 424 g/mol. The first-order chi connectivity index (χ1) is 11.8. The molecule has 0 aliphatic heterocycles. The van der Waals surface area contributed by atoms with E-state index in [0.29, 0.717) is 18.1 Å². The molecule has 1 aromatic heterocycles. The number of halogens is 1. The second-order valence-corrected chi connectivity index (χ2v) is 7.10. The number of rotatable bonds is 4. The van der Waals surface area contributed by atoms with Crippen LogP contribution in [0.15, 0.2) is 22.7 Å². The van der Waals surface area contributed by atoms with Crippen LogP contribution in [0.5, 0.6) is 0 Å². The van der Waals surface area contributed by atoms with Crippen molar-refractivity contribution in [2.45, 2.75) is 40.7 Å². The lowest BCUT2D eigenvalue weighted by Gasteiger charge is -2.14. The van der Waals surface area contributed by atoms with E-state index >= 15 is 0 Å². The number of carbonyl (C=O) groups excluding carboxylic acids is 1. The monoisotopic (exact) mass is 423 g/mol. The van der Waals surface area contributed by atoms with Crippen molar-refractivity contribution >= 4 is 44.9 Å². The maximum absolute atomic E-state index is 12.0. The third kappa shape index (κ3) is 5.27. The molecule has 134 valence electrons. The van der Waals surface area contributed by atoms with E-state index in [0.717, 1.165) is 32.7 Å². The second kappa shape index (κ2) is 8.44. The number of benzene rings is 1. The standard InChI is InChI=1S/C17H22BrN5OS/c1-10-5-6-11(2)14(9-10)19-17(25)21-20-15(24)7-8-23-13(4)16(18)12(3)22-23/h5-6,9H,7-8H2,1-4H3,(H,20,24)(H2,19,21,25). The molecule has 0 saturated carbocycles. The van der Waals surface area contributed by atoms with Crippen LogP contribution in [-0.4, -0.2) is 20.8 Å². The molecular formula is C17H22BrN5OS. The number of hydrogen-bond acceptors (Lipinski definition) is 3. The Bertz CT molecular complexity index is 803. The lowest BCUT2D eigenvalue weighted by Crippen LogP contribution is -2.44. The van der Waals surface area contributed by atoms with Crippen molar-refractivity contribution in [3.8, 4) is 0 Å². The molecular weight excluding hydrogens is 402 g/mol. The van der Waals surface area contributed by atoms with Gasteiger partial charge in [-0.1, -0.05) is 12.1 Å². The Labute approximate surface area is 161 Å². The van der Waals surface area contributed by atoms with Gasteiger partial charge in [0.1, 0.15) is 0 Å². The van der Waals surface area contributed by atoms with Gasteiger partial charge in [0, 0.05) is 17.8 Å². The molecule has 0 bridgehead atoms. The number of thiocarbonyl (C=S) groups is 1. The number of anilines is 1. The Kier molecular flexibility index (Phi) is 6.55. The molecule has 0 aliphatic carbocycles. The molecule has 2 rings (SSSR count). The third-order valence-corrected chi connectivity index (χ3v) is 5.15. The van der Waals surface area contributed by atoms with E-state index in [1.165, 1.54) is 0 Å². The quantitative estimate of drug-likeness (QED) is 0.519. The Morgan fingerprint density at radius 3 is 2.60 bits per heavy atom. The van der Waals surface area contributed by atoms with E-state index < -0.39 is 0 Å². The fourth-order valence-electron chi connectivity index (χ4n) is 2.31. The fourth-order valence-corrected chi connectivity index (χ4v) is 2.76. The second-order valence-electron chi connectivity index (χ2n) is 5.90. The molecule has 2 aromatic rings. The lowest BCUT2D eigenvalue weighted by atomic mass is 10.1. The van der Waals surface area contributed by atoms with Gasteiger partial charge in [-0.2, -0.15) is 5.10 Å². The highest BCUT2D eigenvalue weighted by atomic mass is 79.9.